The molecule has 0 atom stereocenters. The Bertz CT molecular complexity index is 979. The van der Waals surface area contributed by atoms with Crippen LogP contribution in [0.25, 0.3) is 10.9 Å². The number of nitrogens with zero attached hydrogens (tertiary/aromatic N) is 1. The Balaban J connectivity index is 2.25. The second-order valence-corrected chi connectivity index (χ2v) is 6.33. The number of benzene rings is 1. The Hall–Kier alpha value is -3.26. The third kappa shape index (κ3) is 3.36. The van der Waals surface area contributed by atoms with Gasteiger partial charge >= 0.3 is 6.09 Å². The molecule has 8 heteroatoms. The molecule has 0 radical (unpaired) electrons. The molecule has 1 aliphatic carbocycles. The zero-order chi connectivity index (χ0) is 21.0. The third-order valence-electron chi connectivity index (χ3n) is 4.95. The normalized spacial score (nSPS) is 18.7. The van der Waals surface area contributed by atoms with Gasteiger partial charge in [-0.15, -0.1) is 0 Å². The first-order chi connectivity index (χ1) is 14.0. The molecule has 0 saturated carbocycles. The highest BCUT2D eigenvalue weighted by Gasteiger charge is 2.48. The number of H-pyrrole nitrogens is 1. The summed E-state index contributed by atoms with van der Waals surface area (Å²) in [6.07, 6.45) is 3.48. The highest BCUT2D eigenvalue weighted by molar-refractivity contribution is 6.07. The number of carbonyl (C=O) groups excluding carboxylic acids is 1. The van der Waals surface area contributed by atoms with Crippen molar-refractivity contribution in [3.8, 4) is 0 Å². The maximum atomic E-state index is 11.4. The van der Waals surface area contributed by atoms with Crippen molar-refractivity contribution in [2.75, 3.05) is 28.4 Å². The maximum absolute atomic E-state index is 11.4. The molecule has 154 valence electrons. The van der Waals surface area contributed by atoms with Gasteiger partial charge in [0.15, 0.2) is 0 Å². The van der Waals surface area contributed by atoms with Crippen LogP contribution >= 0.6 is 0 Å². The van der Waals surface area contributed by atoms with Crippen molar-refractivity contribution in [1.82, 2.24) is 10.4 Å². The number of allylic oxidation sites excluding steroid dienone is 2. The SMILES string of the molecule is CCc1[nH]c2ccccc2c1C1(OC)C(OC)=CC(=NNC(=O)OC)C=C1OC. The smallest absolute Gasteiger partial charge is 0.427 e. The lowest BCUT2D eigenvalue weighted by molar-refractivity contribution is -0.0307. The van der Waals surface area contributed by atoms with Crippen molar-refractivity contribution < 1.29 is 23.7 Å². The highest BCUT2D eigenvalue weighted by atomic mass is 16.6. The van der Waals surface area contributed by atoms with E-state index in [-0.39, 0.29) is 0 Å². The van der Waals surface area contributed by atoms with Gasteiger partial charge in [0, 0.05) is 41.4 Å². The first-order valence-electron chi connectivity index (χ1n) is 9.14. The standard InChI is InChI=1S/C21H25N3O5/c1-6-15-19(14-9-7-8-10-16(14)22-15)21(29-5)17(26-2)11-13(12-18(21)27-3)23-24-20(25)28-4/h7-12,22H,6H2,1-5H3,(H,24,25). The van der Waals surface area contributed by atoms with Crippen LogP contribution < -0.4 is 5.43 Å². The summed E-state index contributed by atoms with van der Waals surface area (Å²) < 4.78 is 22.1. The summed E-state index contributed by atoms with van der Waals surface area (Å²) in [6.45, 7) is 2.07. The predicted octanol–water partition coefficient (Wildman–Crippen LogP) is 3.36. The van der Waals surface area contributed by atoms with Gasteiger partial charge in [0.25, 0.3) is 0 Å². The molecule has 0 aliphatic heterocycles. The van der Waals surface area contributed by atoms with E-state index >= 15 is 0 Å². The number of aromatic nitrogens is 1. The number of aromatic amines is 1. The lowest BCUT2D eigenvalue weighted by Crippen LogP contribution is -2.39. The Labute approximate surface area is 169 Å². The molecule has 1 aliphatic rings. The predicted molar refractivity (Wildman–Crippen MR) is 110 cm³/mol. The minimum absolute atomic E-state index is 0.426. The van der Waals surface area contributed by atoms with E-state index < -0.39 is 11.7 Å². The van der Waals surface area contributed by atoms with E-state index in [9.17, 15) is 4.79 Å². The first-order valence-corrected chi connectivity index (χ1v) is 9.14. The number of hydrogen-bond acceptors (Lipinski definition) is 6. The Kier molecular flexibility index (Phi) is 5.93. The molecule has 2 aromatic rings. The van der Waals surface area contributed by atoms with Crippen molar-refractivity contribution in [3.05, 3.63) is 59.2 Å². The van der Waals surface area contributed by atoms with Gasteiger partial charge in [0.1, 0.15) is 11.5 Å². The zero-order valence-electron chi connectivity index (χ0n) is 17.2. The monoisotopic (exact) mass is 399 g/mol. The maximum Gasteiger partial charge on any atom is 0.427 e. The van der Waals surface area contributed by atoms with Crippen LogP contribution in [-0.4, -0.2) is 45.2 Å². The zero-order valence-corrected chi connectivity index (χ0v) is 17.2. The van der Waals surface area contributed by atoms with E-state index in [0.717, 1.165) is 28.6 Å². The van der Waals surface area contributed by atoms with Crippen LogP contribution in [0, 0.1) is 0 Å². The van der Waals surface area contributed by atoms with Gasteiger partial charge in [0.2, 0.25) is 5.60 Å². The van der Waals surface area contributed by atoms with E-state index in [2.05, 4.69) is 27.2 Å². The summed E-state index contributed by atoms with van der Waals surface area (Å²) in [4.78, 5) is 14.9. The van der Waals surface area contributed by atoms with Crippen LogP contribution in [0.5, 0.6) is 0 Å². The molecule has 0 bridgehead atoms. The first kappa shape index (κ1) is 20.5. The van der Waals surface area contributed by atoms with Crippen molar-refractivity contribution in [3.63, 3.8) is 0 Å². The van der Waals surface area contributed by atoms with E-state index in [1.807, 2.05) is 24.3 Å². The molecule has 0 spiro atoms. The summed E-state index contributed by atoms with van der Waals surface area (Å²) in [7, 11) is 5.99. The summed E-state index contributed by atoms with van der Waals surface area (Å²) >= 11 is 0. The van der Waals surface area contributed by atoms with Crippen LogP contribution in [0.3, 0.4) is 0 Å². The summed E-state index contributed by atoms with van der Waals surface area (Å²) in [6, 6.07) is 8.00. The average Bonchev–Trinajstić information content (AvgIpc) is 3.15. The molecule has 29 heavy (non-hydrogen) atoms. The largest absolute Gasteiger partial charge is 0.497 e. The molecule has 0 fully saturated rings. The minimum atomic E-state index is -1.11. The number of rotatable bonds is 6. The number of carbonyl (C=O) groups is 1. The molecule has 1 amide bonds. The lowest BCUT2D eigenvalue weighted by atomic mass is 9.82. The minimum Gasteiger partial charge on any atom is -0.497 e. The van der Waals surface area contributed by atoms with E-state index in [1.165, 1.54) is 7.11 Å². The van der Waals surface area contributed by atoms with Crippen molar-refractivity contribution >= 4 is 22.7 Å². The quantitative estimate of drug-likeness (QED) is 0.727. The number of fused-ring (bicyclic) bond motifs is 1. The van der Waals surface area contributed by atoms with E-state index in [4.69, 9.17) is 14.2 Å². The molecular weight excluding hydrogens is 374 g/mol. The van der Waals surface area contributed by atoms with Gasteiger partial charge < -0.3 is 23.9 Å². The number of ether oxygens (including phenoxy) is 4. The number of methoxy groups -OCH3 is 4. The third-order valence-corrected chi connectivity index (χ3v) is 4.95. The van der Waals surface area contributed by atoms with Crippen LogP contribution in [0.2, 0.25) is 0 Å². The van der Waals surface area contributed by atoms with Gasteiger partial charge in [-0.25, -0.2) is 10.2 Å². The van der Waals surface area contributed by atoms with Crippen molar-refractivity contribution in [2.24, 2.45) is 5.10 Å². The second-order valence-electron chi connectivity index (χ2n) is 6.33. The number of nitrogens with one attached hydrogen (secondary N) is 2. The van der Waals surface area contributed by atoms with Crippen LogP contribution in [0.15, 0.2) is 53.0 Å². The van der Waals surface area contributed by atoms with E-state index in [0.29, 0.717) is 17.2 Å². The molecular formula is C21H25N3O5. The number of aryl methyl sites for hydroxylation is 1. The molecule has 0 unspecified atom stereocenters. The fraction of sp³-hybridized carbons (Fsp3) is 0.333. The van der Waals surface area contributed by atoms with E-state index in [1.54, 1.807) is 33.5 Å². The fourth-order valence-corrected chi connectivity index (χ4v) is 3.68. The number of hydrogen-bond donors (Lipinski definition) is 2. The summed E-state index contributed by atoms with van der Waals surface area (Å²) in [5.74, 6) is 0.952. The summed E-state index contributed by atoms with van der Waals surface area (Å²) in [5.41, 5.74) is 4.53. The fourth-order valence-electron chi connectivity index (χ4n) is 3.68. The van der Waals surface area contributed by atoms with Crippen LogP contribution in [-0.2, 0) is 31.0 Å². The number of amides is 1. The highest BCUT2D eigenvalue weighted by Crippen LogP contribution is 2.47. The topological polar surface area (TPSA) is 94.2 Å². The summed E-state index contributed by atoms with van der Waals surface area (Å²) in [5, 5.41) is 5.06. The van der Waals surface area contributed by atoms with Crippen molar-refractivity contribution in [2.45, 2.75) is 18.9 Å². The Morgan fingerprint density at radius 1 is 1.10 bits per heavy atom. The molecule has 2 N–H and O–H groups in total. The average molecular weight is 399 g/mol. The van der Waals surface area contributed by atoms with Gasteiger partial charge in [-0.05, 0) is 12.5 Å². The number of para-hydroxylation sites is 1. The molecule has 3 rings (SSSR count). The molecule has 1 aromatic heterocycles. The van der Waals surface area contributed by atoms with Crippen LogP contribution in [0.1, 0.15) is 18.2 Å². The molecule has 8 nitrogen and oxygen atoms in total. The van der Waals surface area contributed by atoms with Gasteiger partial charge in [-0.3, -0.25) is 0 Å². The second kappa shape index (κ2) is 8.40. The molecule has 0 saturated heterocycles. The lowest BCUT2D eigenvalue weighted by Gasteiger charge is -2.37. The number of hydrazone groups is 1. The molecule has 1 heterocycles. The Morgan fingerprint density at radius 3 is 2.31 bits per heavy atom. The van der Waals surface area contributed by atoms with Gasteiger partial charge in [-0.1, -0.05) is 25.1 Å². The van der Waals surface area contributed by atoms with Gasteiger partial charge in [0.05, 0.1) is 27.0 Å². The van der Waals surface area contributed by atoms with Crippen LogP contribution in [0.4, 0.5) is 4.79 Å². The Morgan fingerprint density at radius 2 is 1.76 bits per heavy atom. The van der Waals surface area contributed by atoms with Gasteiger partial charge in [-0.2, -0.15) is 5.10 Å². The molecule has 1 aromatic carbocycles. The van der Waals surface area contributed by atoms with Crippen molar-refractivity contribution in [1.29, 1.82) is 0 Å².